The standard InChI is InChI=1S/C12H11F3N2O2/c1-2-7-16-10(18)8-3-5-9(6-4-8)17-11(19)12(13,14)15/h2-6H,1,7H2,(H,16,18)(H,17,19). The molecule has 1 rings (SSSR count). The van der Waals surface area contributed by atoms with Crippen LogP contribution in [-0.2, 0) is 4.79 Å². The van der Waals surface area contributed by atoms with Gasteiger partial charge >= 0.3 is 12.1 Å². The lowest BCUT2D eigenvalue weighted by Crippen LogP contribution is -2.30. The van der Waals surface area contributed by atoms with E-state index in [1.807, 2.05) is 0 Å². The molecular formula is C12H11F3N2O2. The van der Waals surface area contributed by atoms with Crippen LogP contribution >= 0.6 is 0 Å². The van der Waals surface area contributed by atoms with Crippen molar-refractivity contribution in [1.29, 1.82) is 0 Å². The Balaban J connectivity index is 2.69. The maximum absolute atomic E-state index is 12.0. The zero-order chi connectivity index (χ0) is 14.5. The molecule has 0 aliphatic heterocycles. The molecule has 0 radical (unpaired) electrons. The lowest BCUT2D eigenvalue weighted by molar-refractivity contribution is -0.167. The molecule has 0 unspecified atom stereocenters. The SMILES string of the molecule is C=CCNC(=O)c1ccc(NC(=O)C(F)(F)F)cc1. The number of amides is 2. The van der Waals surface area contributed by atoms with E-state index in [0.29, 0.717) is 0 Å². The summed E-state index contributed by atoms with van der Waals surface area (Å²) in [5.41, 5.74) is 0.231. The molecule has 102 valence electrons. The lowest BCUT2D eigenvalue weighted by atomic mass is 10.2. The Morgan fingerprint density at radius 1 is 1.21 bits per heavy atom. The number of carbonyl (C=O) groups excluding carboxylic acids is 2. The van der Waals surface area contributed by atoms with Gasteiger partial charge in [0.25, 0.3) is 5.91 Å². The first-order chi connectivity index (χ1) is 8.84. The van der Waals surface area contributed by atoms with Gasteiger partial charge in [-0.2, -0.15) is 13.2 Å². The number of nitrogens with one attached hydrogen (secondary N) is 2. The molecule has 0 heterocycles. The topological polar surface area (TPSA) is 58.2 Å². The maximum atomic E-state index is 12.0. The average Bonchev–Trinajstić information content (AvgIpc) is 2.35. The molecule has 2 N–H and O–H groups in total. The first kappa shape index (κ1) is 14.7. The van der Waals surface area contributed by atoms with Crippen LogP contribution in [0.3, 0.4) is 0 Å². The molecule has 0 aliphatic carbocycles. The lowest BCUT2D eigenvalue weighted by Gasteiger charge is -2.08. The van der Waals surface area contributed by atoms with E-state index in [1.165, 1.54) is 30.3 Å². The maximum Gasteiger partial charge on any atom is 0.471 e. The summed E-state index contributed by atoms with van der Waals surface area (Å²) in [5.74, 6) is -2.44. The van der Waals surface area contributed by atoms with Crippen LogP contribution in [0, 0.1) is 0 Å². The van der Waals surface area contributed by atoms with E-state index in [-0.39, 0.29) is 23.7 Å². The molecule has 19 heavy (non-hydrogen) atoms. The van der Waals surface area contributed by atoms with Gasteiger partial charge in [0.15, 0.2) is 0 Å². The van der Waals surface area contributed by atoms with Crippen molar-refractivity contribution >= 4 is 17.5 Å². The van der Waals surface area contributed by atoms with Crippen molar-refractivity contribution in [2.45, 2.75) is 6.18 Å². The predicted molar refractivity (Wildman–Crippen MR) is 63.7 cm³/mol. The van der Waals surface area contributed by atoms with Gasteiger partial charge in [0, 0.05) is 17.8 Å². The van der Waals surface area contributed by atoms with E-state index in [2.05, 4.69) is 11.9 Å². The van der Waals surface area contributed by atoms with Gasteiger partial charge in [-0.15, -0.1) is 6.58 Å². The van der Waals surface area contributed by atoms with E-state index in [0.717, 1.165) is 0 Å². The molecule has 0 atom stereocenters. The summed E-state index contributed by atoms with van der Waals surface area (Å²) < 4.78 is 36.0. The number of hydrogen-bond acceptors (Lipinski definition) is 2. The minimum Gasteiger partial charge on any atom is -0.349 e. The van der Waals surface area contributed by atoms with Crippen LogP contribution in [-0.4, -0.2) is 24.5 Å². The molecular weight excluding hydrogens is 261 g/mol. The van der Waals surface area contributed by atoms with Crippen LogP contribution in [0.2, 0.25) is 0 Å². The van der Waals surface area contributed by atoms with E-state index in [9.17, 15) is 22.8 Å². The molecule has 4 nitrogen and oxygen atoms in total. The van der Waals surface area contributed by atoms with Gasteiger partial charge in [-0.25, -0.2) is 0 Å². The Morgan fingerprint density at radius 3 is 2.26 bits per heavy atom. The van der Waals surface area contributed by atoms with Gasteiger partial charge in [-0.3, -0.25) is 9.59 Å². The number of rotatable bonds is 4. The van der Waals surface area contributed by atoms with Gasteiger partial charge in [-0.05, 0) is 24.3 Å². The molecule has 0 aliphatic rings. The normalized spacial score (nSPS) is 10.7. The van der Waals surface area contributed by atoms with Crippen LogP contribution in [0.1, 0.15) is 10.4 Å². The minimum atomic E-state index is -4.94. The van der Waals surface area contributed by atoms with Gasteiger partial charge < -0.3 is 10.6 Å². The average molecular weight is 272 g/mol. The van der Waals surface area contributed by atoms with Gasteiger partial charge in [0.2, 0.25) is 0 Å². The van der Waals surface area contributed by atoms with Crippen LogP contribution in [0.15, 0.2) is 36.9 Å². The zero-order valence-corrected chi connectivity index (χ0v) is 9.75. The number of alkyl halides is 3. The molecule has 0 saturated carbocycles. The van der Waals surface area contributed by atoms with E-state index in [1.54, 1.807) is 5.32 Å². The Kier molecular flexibility index (Phi) is 4.68. The largest absolute Gasteiger partial charge is 0.471 e. The smallest absolute Gasteiger partial charge is 0.349 e. The molecule has 0 fully saturated rings. The van der Waals surface area contributed by atoms with Crippen LogP contribution in [0.25, 0.3) is 0 Å². The van der Waals surface area contributed by atoms with Crippen LogP contribution in [0.5, 0.6) is 0 Å². The highest BCUT2D eigenvalue weighted by Gasteiger charge is 2.38. The van der Waals surface area contributed by atoms with Gasteiger partial charge in [-0.1, -0.05) is 6.08 Å². The van der Waals surface area contributed by atoms with Crippen molar-refractivity contribution in [3.63, 3.8) is 0 Å². The van der Waals surface area contributed by atoms with Crippen molar-refractivity contribution in [2.24, 2.45) is 0 Å². The molecule has 0 aromatic heterocycles. The summed E-state index contributed by atoms with van der Waals surface area (Å²) in [6.45, 7) is 3.71. The number of halogens is 3. The Labute approximate surface area is 107 Å². The molecule has 2 amide bonds. The van der Waals surface area contributed by atoms with Crippen molar-refractivity contribution in [3.05, 3.63) is 42.5 Å². The number of anilines is 1. The molecule has 0 saturated heterocycles. The Bertz CT molecular complexity index is 481. The monoisotopic (exact) mass is 272 g/mol. The fourth-order valence-corrected chi connectivity index (χ4v) is 1.17. The molecule has 1 aromatic rings. The van der Waals surface area contributed by atoms with E-state index < -0.39 is 12.1 Å². The van der Waals surface area contributed by atoms with Crippen LogP contribution in [0.4, 0.5) is 18.9 Å². The van der Waals surface area contributed by atoms with Crippen molar-refractivity contribution < 1.29 is 22.8 Å². The fourth-order valence-electron chi connectivity index (χ4n) is 1.17. The first-order valence-electron chi connectivity index (χ1n) is 5.22. The summed E-state index contributed by atoms with van der Waals surface area (Å²) >= 11 is 0. The summed E-state index contributed by atoms with van der Waals surface area (Å²) in [6, 6.07) is 5.05. The summed E-state index contributed by atoms with van der Waals surface area (Å²) in [5, 5.41) is 4.19. The second-order valence-corrected chi connectivity index (χ2v) is 3.53. The highest BCUT2D eigenvalue weighted by atomic mass is 19.4. The highest BCUT2D eigenvalue weighted by molar-refractivity contribution is 5.97. The van der Waals surface area contributed by atoms with Gasteiger partial charge in [0.1, 0.15) is 0 Å². The first-order valence-corrected chi connectivity index (χ1v) is 5.22. The van der Waals surface area contributed by atoms with Crippen LogP contribution < -0.4 is 10.6 Å². The summed E-state index contributed by atoms with van der Waals surface area (Å²) in [7, 11) is 0. The quantitative estimate of drug-likeness (QED) is 0.825. The third-order valence-corrected chi connectivity index (χ3v) is 2.07. The number of carbonyl (C=O) groups is 2. The van der Waals surface area contributed by atoms with Gasteiger partial charge in [0.05, 0.1) is 0 Å². The Morgan fingerprint density at radius 2 is 1.79 bits per heavy atom. The zero-order valence-electron chi connectivity index (χ0n) is 9.75. The molecule has 0 spiro atoms. The number of hydrogen-bond donors (Lipinski definition) is 2. The van der Waals surface area contributed by atoms with E-state index in [4.69, 9.17) is 0 Å². The Hall–Kier alpha value is -2.31. The minimum absolute atomic E-state index is 0.0393. The third kappa shape index (κ3) is 4.46. The van der Waals surface area contributed by atoms with Crippen molar-refractivity contribution in [2.75, 3.05) is 11.9 Å². The molecule has 7 heteroatoms. The predicted octanol–water partition coefficient (Wildman–Crippen LogP) is 2.10. The van der Waals surface area contributed by atoms with E-state index >= 15 is 0 Å². The second kappa shape index (κ2) is 6.03. The number of benzene rings is 1. The highest BCUT2D eigenvalue weighted by Crippen LogP contribution is 2.18. The molecule has 1 aromatic carbocycles. The summed E-state index contributed by atoms with van der Waals surface area (Å²) in [6.07, 6.45) is -3.45. The van der Waals surface area contributed by atoms with Crippen molar-refractivity contribution in [3.8, 4) is 0 Å². The molecule has 0 bridgehead atoms. The second-order valence-electron chi connectivity index (χ2n) is 3.53. The fraction of sp³-hybridized carbons (Fsp3) is 0.167. The van der Waals surface area contributed by atoms with Crippen molar-refractivity contribution in [1.82, 2.24) is 5.32 Å². The third-order valence-electron chi connectivity index (χ3n) is 2.07. The summed E-state index contributed by atoms with van der Waals surface area (Å²) in [4.78, 5) is 22.1.